The van der Waals surface area contributed by atoms with Crippen molar-refractivity contribution in [1.82, 2.24) is 9.80 Å². The number of hydrogen-bond acceptors (Lipinski definition) is 2. The van der Waals surface area contributed by atoms with Crippen molar-refractivity contribution in [1.29, 1.82) is 0 Å². The van der Waals surface area contributed by atoms with E-state index in [4.69, 9.17) is 0 Å². The number of fused-ring (bicyclic) bond motifs is 4. The lowest BCUT2D eigenvalue weighted by Crippen LogP contribution is -2.61. The third kappa shape index (κ3) is 2.87. The van der Waals surface area contributed by atoms with Crippen LogP contribution in [0.15, 0.2) is 30.3 Å². The molecule has 0 spiro atoms. The maximum absolute atomic E-state index is 12.7. The normalized spacial score (nSPS) is 30.1. The molecule has 3 aliphatic heterocycles. The summed E-state index contributed by atoms with van der Waals surface area (Å²) >= 11 is 0. The highest BCUT2D eigenvalue weighted by molar-refractivity contribution is 5.79. The van der Waals surface area contributed by atoms with Crippen molar-refractivity contribution in [2.45, 2.75) is 38.1 Å². The predicted molar refractivity (Wildman–Crippen MR) is 87.7 cm³/mol. The Hall–Kier alpha value is -1.84. The van der Waals surface area contributed by atoms with Gasteiger partial charge < -0.3 is 9.80 Å². The van der Waals surface area contributed by atoms with Crippen LogP contribution in [0.4, 0.5) is 0 Å². The van der Waals surface area contributed by atoms with Crippen molar-refractivity contribution < 1.29 is 9.59 Å². The first-order chi connectivity index (χ1) is 11.2. The highest BCUT2D eigenvalue weighted by Crippen LogP contribution is 2.38. The fourth-order valence-electron chi connectivity index (χ4n) is 4.70. The molecule has 3 atom stereocenters. The van der Waals surface area contributed by atoms with Crippen LogP contribution < -0.4 is 0 Å². The first kappa shape index (κ1) is 14.7. The van der Waals surface area contributed by atoms with Crippen LogP contribution in [0.25, 0.3) is 0 Å². The molecule has 4 rings (SSSR count). The van der Waals surface area contributed by atoms with Crippen LogP contribution in [-0.4, -0.2) is 47.3 Å². The van der Waals surface area contributed by atoms with Crippen LogP contribution >= 0.6 is 0 Å². The Bertz CT molecular complexity index is 601. The van der Waals surface area contributed by atoms with Gasteiger partial charge in [-0.15, -0.1) is 0 Å². The summed E-state index contributed by atoms with van der Waals surface area (Å²) in [6.07, 6.45) is 4.52. The first-order valence-electron chi connectivity index (χ1n) is 8.82. The van der Waals surface area contributed by atoms with Gasteiger partial charge in [-0.3, -0.25) is 9.59 Å². The minimum absolute atomic E-state index is 0.237. The summed E-state index contributed by atoms with van der Waals surface area (Å²) in [7, 11) is 0. The van der Waals surface area contributed by atoms with Crippen molar-refractivity contribution in [3.05, 3.63) is 35.9 Å². The predicted octanol–water partition coefficient (Wildman–Crippen LogP) is 2.09. The van der Waals surface area contributed by atoms with Gasteiger partial charge in [0.15, 0.2) is 0 Å². The number of amides is 2. The Kier molecular flexibility index (Phi) is 3.83. The summed E-state index contributed by atoms with van der Waals surface area (Å²) in [6.45, 7) is 2.50. The Morgan fingerprint density at radius 2 is 1.96 bits per heavy atom. The number of rotatable bonds is 2. The molecule has 0 saturated carbocycles. The van der Waals surface area contributed by atoms with Gasteiger partial charge in [0.2, 0.25) is 11.8 Å². The largest absolute Gasteiger partial charge is 0.342 e. The quantitative estimate of drug-likeness (QED) is 0.839. The van der Waals surface area contributed by atoms with E-state index in [2.05, 4.69) is 9.80 Å². The minimum atomic E-state index is 0.237. The monoisotopic (exact) mass is 312 g/mol. The van der Waals surface area contributed by atoms with E-state index in [-0.39, 0.29) is 5.91 Å². The lowest BCUT2D eigenvalue weighted by Gasteiger charge is -2.52. The average molecular weight is 312 g/mol. The Labute approximate surface area is 137 Å². The number of carbonyl (C=O) groups excluding carboxylic acids is 2. The molecule has 2 amide bonds. The van der Waals surface area contributed by atoms with E-state index >= 15 is 0 Å². The van der Waals surface area contributed by atoms with Crippen LogP contribution in [-0.2, 0) is 16.0 Å². The lowest BCUT2D eigenvalue weighted by molar-refractivity contribution is -0.148. The van der Waals surface area contributed by atoms with E-state index in [0.29, 0.717) is 36.6 Å². The second kappa shape index (κ2) is 5.99. The maximum atomic E-state index is 12.7. The summed E-state index contributed by atoms with van der Waals surface area (Å²) in [6, 6.07) is 10.4. The van der Waals surface area contributed by atoms with Crippen molar-refractivity contribution >= 4 is 11.8 Å². The molecular weight excluding hydrogens is 288 g/mol. The zero-order chi connectivity index (χ0) is 15.8. The van der Waals surface area contributed by atoms with Gasteiger partial charge in [0, 0.05) is 32.1 Å². The van der Waals surface area contributed by atoms with Gasteiger partial charge in [-0.25, -0.2) is 0 Å². The molecule has 0 N–H and O–H groups in total. The standard InChI is InChI=1S/C19H24N2O2/c22-18-8-4-7-17-16-9-15(12-21(17)18)11-20(13-16)19(23)10-14-5-2-1-3-6-14/h1-3,5-6,15-17H,4,7-13H2/t15?,16?,17-/m1/s1. The van der Waals surface area contributed by atoms with Crippen LogP contribution in [0.2, 0.25) is 0 Å². The Morgan fingerprint density at radius 3 is 2.78 bits per heavy atom. The van der Waals surface area contributed by atoms with Crippen LogP contribution in [0.5, 0.6) is 0 Å². The van der Waals surface area contributed by atoms with E-state index in [1.165, 1.54) is 6.42 Å². The molecule has 23 heavy (non-hydrogen) atoms. The number of piperidine rings is 3. The molecule has 4 nitrogen and oxygen atoms in total. The average Bonchev–Trinajstić information content (AvgIpc) is 2.57. The fraction of sp³-hybridized carbons (Fsp3) is 0.579. The Balaban J connectivity index is 1.45. The summed E-state index contributed by atoms with van der Waals surface area (Å²) in [5, 5.41) is 0. The van der Waals surface area contributed by atoms with Crippen molar-refractivity contribution in [3.63, 3.8) is 0 Å². The Morgan fingerprint density at radius 1 is 1.13 bits per heavy atom. The molecule has 3 aliphatic rings. The van der Waals surface area contributed by atoms with E-state index in [9.17, 15) is 9.59 Å². The van der Waals surface area contributed by atoms with Crippen molar-refractivity contribution in [2.75, 3.05) is 19.6 Å². The molecule has 0 aromatic heterocycles. The summed E-state index contributed by atoms with van der Waals surface area (Å²) in [5.74, 6) is 1.51. The molecule has 122 valence electrons. The van der Waals surface area contributed by atoms with Gasteiger partial charge in [-0.05, 0) is 36.7 Å². The van der Waals surface area contributed by atoms with Crippen LogP contribution in [0, 0.1) is 11.8 Å². The molecule has 3 heterocycles. The van der Waals surface area contributed by atoms with E-state index in [1.807, 2.05) is 30.3 Å². The molecule has 3 saturated heterocycles. The first-order valence-corrected chi connectivity index (χ1v) is 8.82. The molecule has 2 unspecified atom stereocenters. The highest BCUT2D eigenvalue weighted by Gasteiger charge is 2.44. The number of carbonyl (C=O) groups is 2. The van der Waals surface area contributed by atoms with Crippen molar-refractivity contribution in [3.8, 4) is 0 Å². The van der Waals surface area contributed by atoms with E-state index in [0.717, 1.165) is 38.0 Å². The van der Waals surface area contributed by atoms with Gasteiger partial charge in [0.05, 0.1) is 6.42 Å². The van der Waals surface area contributed by atoms with E-state index in [1.54, 1.807) is 0 Å². The number of hydrogen-bond donors (Lipinski definition) is 0. The van der Waals surface area contributed by atoms with Crippen LogP contribution in [0.3, 0.4) is 0 Å². The zero-order valence-corrected chi connectivity index (χ0v) is 13.5. The van der Waals surface area contributed by atoms with Gasteiger partial charge >= 0.3 is 0 Å². The third-order valence-corrected chi connectivity index (χ3v) is 5.73. The molecule has 2 bridgehead atoms. The topological polar surface area (TPSA) is 40.6 Å². The summed E-state index contributed by atoms with van der Waals surface area (Å²) in [4.78, 5) is 29.0. The second-order valence-corrected chi connectivity index (χ2v) is 7.33. The lowest BCUT2D eigenvalue weighted by atomic mass is 9.76. The summed E-state index contributed by atoms with van der Waals surface area (Å²) < 4.78 is 0. The number of nitrogens with zero attached hydrogens (tertiary/aromatic N) is 2. The number of benzene rings is 1. The second-order valence-electron chi connectivity index (χ2n) is 7.33. The maximum Gasteiger partial charge on any atom is 0.227 e. The molecule has 4 heteroatoms. The van der Waals surface area contributed by atoms with E-state index < -0.39 is 0 Å². The van der Waals surface area contributed by atoms with Gasteiger partial charge in [-0.2, -0.15) is 0 Å². The number of likely N-dealkylation sites (tertiary alicyclic amines) is 1. The smallest absolute Gasteiger partial charge is 0.227 e. The third-order valence-electron chi connectivity index (χ3n) is 5.73. The molecule has 1 aromatic carbocycles. The zero-order valence-electron chi connectivity index (χ0n) is 13.5. The molecule has 0 radical (unpaired) electrons. The fourth-order valence-corrected chi connectivity index (χ4v) is 4.70. The minimum Gasteiger partial charge on any atom is -0.342 e. The van der Waals surface area contributed by atoms with Gasteiger partial charge in [0.1, 0.15) is 0 Å². The summed E-state index contributed by atoms with van der Waals surface area (Å²) in [5.41, 5.74) is 1.09. The van der Waals surface area contributed by atoms with Gasteiger partial charge in [0.25, 0.3) is 0 Å². The molecular formula is C19H24N2O2. The molecule has 3 fully saturated rings. The molecule has 1 aromatic rings. The molecule has 0 aliphatic carbocycles. The van der Waals surface area contributed by atoms with Gasteiger partial charge in [-0.1, -0.05) is 30.3 Å². The SMILES string of the molecule is O=C(Cc1ccccc1)N1CC2CC(C1)[C@H]1CCCC(=O)N1C2. The van der Waals surface area contributed by atoms with Crippen molar-refractivity contribution in [2.24, 2.45) is 11.8 Å². The highest BCUT2D eigenvalue weighted by atomic mass is 16.2. The van der Waals surface area contributed by atoms with Crippen LogP contribution in [0.1, 0.15) is 31.2 Å².